The average molecular weight is 444 g/mol. The Morgan fingerprint density at radius 2 is 1.21 bits per heavy atom. The van der Waals surface area contributed by atoms with Crippen LogP contribution in [0.2, 0.25) is 0 Å². The number of hydrogen-bond acceptors (Lipinski definition) is 3. The normalized spacial score (nSPS) is 14.4. The zero-order chi connectivity index (χ0) is 23.2. The van der Waals surface area contributed by atoms with Gasteiger partial charge in [-0.25, -0.2) is 0 Å². The Morgan fingerprint density at radius 1 is 0.706 bits per heavy atom. The standard InChI is InChI=1S/C28H20N4O2/c1-17-8-2-3-9-18(17)14-31-32-27(33)25(21-15-29-23-12-6-4-10-19(21)23)26(28(32)34)22-16-30-24-13-7-5-11-20(22)24/h2-16,29-30H,1H3/b31-14+. The molecule has 0 saturated heterocycles. The van der Waals surface area contributed by atoms with E-state index in [1.165, 1.54) is 0 Å². The Bertz CT molecular complexity index is 1570. The number of aromatic nitrogens is 2. The second-order valence-electron chi connectivity index (χ2n) is 8.27. The number of hydrazone groups is 1. The third-order valence-electron chi connectivity index (χ3n) is 6.28. The lowest BCUT2D eigenvalue weighted by Gasteiger charge is -2.08. The molecule has 6 heteroatoms. The van der Waals surface area contributed by atoms with Crippen molar-refractivity contribution in [3.8, 4) is 0 Å². The minimum absolute atomic E-state index is 0.342. The monoisotopic (exact) mass is 444 g/mol. The van der Waals surface area contributed by atoms with Crippen LogP contribution >= 0.6 is 0 Å². The van der Waals surface area contributed by atoms with Gasteiger partial charge in [0, 0.05) is 45.3 Å². The summed E-state index contributed by atoms with van der Waals surface area (Å²) in [5, 5.41) is 7.07. The lowest BCUT2D eigenvalue weighted by Crippen LogP contribution is -2.26. The molecular weight excluding hydrogens is 424 g/mol. The van der Waals surface area contributed by atoms with Crippen LogP contribution in [-0.4, -0.2) is 33.0 Å². The van der Waals surface area contributed by atoms with E-state index in [9.17, 15) is 9.59 Å². The van der Waals surface area contributed by atoms with Gasteiger partial charge in [0.25, 0.3) is 11.8 Å². The van der Waals surface area contributed by atoms with Gasteiger partial charge in [-0.2, -0.15) is 10.1 Å². The summed E-state index contributed by atoms with van der Waals surface area (Å²) in [6.07, 6.45) is 5.14. The zero-order valence-electron chi connectivity index (χ0n) is 18.4. The summed E-state index contributed by atoms with van der Waals surface area (Å²) in [5.41, 5.74) is 5.69. The molecule has 5 aromatic rings. The van der Waals surface area contributed by atoms with Crippen LogP contribution in [0.5, 0.6) is 0 Å². The fourth-order valence-electron chi connectivity index (χ4n) is 4.53. The number of nitrogens with one attached hydrogen (secondary N) is 2. The van der Waals surface area contributed by atoms with E-state index >= 15 is 0 Å². The lowest BCUT2D eigenvalue weighted by atomic mass is 9.95. The molecule has 164 valence electrons. The summed E-state index contributed by atoms with van der Waals surface area (Å²) < 4.78 is 0. The number of nitrogens with zero attached hydrogens (tertiary/aromatic N) is 2. The summed E-state index contributed by atoms with van der Waals surface area (Å²) in [6, 6.07) is 23.2. The summed E-state index contributed by atoms with van der Waals surface area (Å²) >= 11 is 0. The number of amides is 2. The van der Waals surface area contributed by atoms with E-state index in [0.717, 1.165) is 37.9 Å². The molecule has 2 N–H and O–H groups in total. The van der Waals surface area contributed by atoms with Gasteiger partial charge in [0.05, 0.1) is 17.4 Å². The van der Waals surface area contributed by atoms with E-state index < -0.39 is 11.8 Å². The molecule has 0 bridgehead atoms. The van der Waals surface area contributed by atoms with Crippen LogP contribution in [0.15, 0.2) is 90.3 Å². The SMILES string of the molecule is Cc1ccccc1/C=N/N1C(=O)C(c2c[nH]c3ccccc23)=C(c2c[nH]c3ccccc23)C1=O. The van der Waals surface area contributed by atoms with E-state index in [4.69, 9.17) is 0 Å². The van der Waals surface area contributed by atoms with Gasteiger partial charge in [-0.05, 0) is 30.2 Å². The van der Waals surface area contributed by atoms with Gasteiger partial charge in [-0.1, -0.05) is 60.7 Å². The first kappa shape index (κ1) is 19.9. The van der Waals surface area contributed by atoms with Crippen LogP contribution in [-0.2, 0) is 9.59 Å². The first-order valence-corrected chi connectivity index (χ1v) is 11.0. The second kappa shape index (κ2) is 7.71. The highest BCUT2D eigenvalue weighted by Gasteiger charge is 2.41. The van der Waals surface area contributed by atoms with Crippen molar-refractivity contribution in [1.82, 2.24) is 15.0 Å². The van der Waals surface area contributed by atoms with E-state index in [0.29, 0.717) is 22.3 Å². The van der Waals surface area contributed by atoms with Crippen molar-refractivity contribution in [2.45, 2.75) is 6.92 Å². The molecule has 34 heavy (non-hydrogen) atoms. The smallest absolute Gasteiger partial charge is 0.283 e. The van der Waals surface area contributed by atoms with Gasteiger partial charge in [-0.3, -0.25) is 9.59 Å². The minimum Gasteiger partial charge on any atom is -0.361 e. The predicted octanol–water partition coefficient (Wildman–Crippen LogP) is 5.27. The van der Waals surface area contributed by atoms with Crippen molar-refractivity contribution in [3.05, 3.63) is 107 Å². The molecule has 1 aliphatic rings. The fourth-order valence-corrected chi connectivity index (χ4v) is 4.53. The fraction of sp³-hybridized carbons (Fsp3) is 0.0357. The van der Waals surface area contributed by atoms with Crippen molar-refractivity contribution in [3.63, 3.8) is 0 Å². The van der Waals surface area contributed by atoms with Gasteiger partial charge in [-0.15, -0.1) is 0 Å². The maximum absolute atomic E-state index is 13.7. The highest BCUT2D eigenvalue weighted by Crippen LogP contribution is 2.40. The van der Waals surface area contributed by atoms with Crippen LogP contribution in [0.3, 0.4) is 0 Å². The molecule has 1 aliphatic heterocycles. The number of para-hydroxylation sites is 2. The molecule has 0 unspecified atom stereocenters. The number of H-pyrrole nitrogens is 2. The Hall–Kier alpha value is -4.71. The molecule has 2 aromatic heterocycles. The van der Waals surface area contributed by atoms with Crippen molar-refractivity contribution < 1.29 is 9.59 Å². The van der Waals surface area contributed by atoms with E-state index in [1.54, 1.807) is 18.6 Å². The third kappa shape index (κ3) is 3.00. The number of benzene rings is 3. The molecule has 6 rings (SSSR count). The largest absolute Gasteiger partial charge is 0.361 e. The topological polar surface area (TPSA) is 81.3 Å². The molecule has 0 fully saturated rings. The number of carbonyl (C=O) groups excluding carboxylic acids is 2. The van der Waals surface area contributed by atoms with E-state index in [-0.39, 0.29) is 0 Å². The number of aromatic amines is 2. The molecule has 0 radical (unpaired) electrons. The minimum atomic E-state index is -0.445. The highest BCUT2D eigenvalue weighted by molar-refractivity contribution is 6.50. The predicted molar refractivity (Wildman–Crippen MR) is 134 cm³/mol. The summed E-state index contributed by atoms with van der Waals surface area (Å²) in [6.45, 7) is 1.96. The van der Waals surface area contributed by atoms with E-state index in [2.05, 4.69) is 15.1 Å². The van der Waals surface area contributed by atoms with Crippen molar-refractivity contribution >= 4 is 51.0 Å². The van der Waals surface area contributed by atoms with Crippen molar-refractivity contribution in [2.75, 3.05) is 0 Å². The third-order valence-corrected chi connectivity index (χ3v) is 6.28. The number of carbonyl (C=O) groups is 2. The highest BCUT2D eigenvalue weighted by atomic mass is 16.2. The zero-order valence-corrected chi connectivity index (χ0v) is 18.4. The molecule has 2 amide bonds. The van der Waals surface area contributed by atoms with Crippen LogP contribution in [0.4, 0.5) is 0 Å². The van der Waals surface area contributed by atoms with Gasteiger partial charge in [0.2, 0.25) is 0 Å². The number of imide groups is 1. The molecule has 0 atom stereocenters. The summed E-state index contributed by atoms with van der Waals surface area (Å²) in [5.74, 6) is -0.889. The van der Waals surface area contributed by atoms with Crippen LogP contribution in [0.25, 0.3) is 33.0 Å². The summed E-state index contributed by atoms with van der Waals surface area (Å²) in [7, 11) is 0. The Labute approximate surface area is 195 Å². The Morgan fingerprint density at radius 3 is 1.76 bits per heavy atom. The van der Waals surface area contributed by atoms with Crippen LogP contribution in [0.1, 0.15) is 22.3 Å². The van der Waals surface area contributed by atoms with Crippen molar-refractivity contribution in [1.29, 1.82) is 0 Å². The molecule has 3 aromatic carbocycles. The number of rotatable bonds is 4. The molecule has 0 saturated carbocycles. The molecular formula is C28H20N4O2. The summed E-state index contributed by atoms with van der Waals surface area (Å²) in [4.78, 5) is 33.9. The number of aryl methyl sites for hydroxylation is 1. The number of fused-ring (bicyclic) bond motifs is 2. The quantitative estimate of drug-likeness (QED) is 0.292. The van der Waals surface area contributed by atoms with Gasteiger partial charge < -0.3 is 9.97 Å². The molecule has 0 spiro atoms. The maximum Gasteiger partial charge on any atom is 0.283 e. The molecule has 3 heterocycles. The van der Waals surface area contributed by atoms with Crippen molar-refractivity contribution in [2.24, 2.45) is 5.10 Å². The average Bonchev–Trinajstić information content (AvgIpc) is 3.53. The second-order valence-corrected chi connectivity index (χ2v) is 8.27. The van der Waals surface area contributed by atoms with Gasteiger partial charge in [0.1, 0.15) is 0 Å². The van der Waals surface area contributed by atoms with Gasteiger partial charge in [0.15, 0.2) is 0 Å². The maximum atomic E-state index is 13.7. The number of hydrogen-bond donors (Lipinski definition) is 2. The Balaban J connectivity index is 1.55. The van der Waals surface area contributed by atoms with Crippen LogP contribution in [0, 0.1) is 6.92 Å². The Kier molecular flexibility index (Phi) is 4.52. The molecule has 0 aliphatic carbocycles. The first-order chi connectivity index (χ1) is 16.6. The van der Waals surface area contributed by atoms with E-state index in [1.807, 2.05) is 79.7 Å². The van der Waals surface area contributed by atoms with Gasteiger partial charge >= 0.3 is 0 Å². The van der Waals surface area contributed by atoms with Crippen LogP contribution < -0.4 is 0 Å². The lowest BCUT2D eigenvalue weighted by molar-refractivity contribution is -0.135. The molecule has 6 nitrogen and oxygen atoms in total. The first-order valence-electron chi connectivity index (χ1n) is 11.0.